The highest BCUT2D eigenvalue weighted by Gasteiger charge is 2.06. The lowest BCUT2D eigenvalue weighted by atomic mass is 10.1. The average Bonchev–Trinajstić information content (AvgIpc) is 2.37. The molecule has 1 N–H and O–H groups in total. The van der Waals surface area contributed by atoms with Crippen LogP contribution in [0.3, 0.4) is 0 Å². The summed E-state index contributed by atoms with van der Waals surface area (Å²) in [6.07, 6.45) is 0.587. The van der Waals surface area contributed by atoms with Crippen LogP contribution in [0.4, 0.5) is 0 Å². The molecular formula is C14H22N2OS. The minimum Gasteiger partial charge on any atom is -0.349 e. The van der Waals surface area contributed by atoms with Crippen LogP contribution in [-0.4, -0.2) is 37.7 Å². The third kappa shape index (κ3) is 4.70. The van der Waals surface area contributed by atoms with Crippen molar-refractivity contribution in [1.29, 1.82) is 0 Å². The smallest absolute Gasteiger partial charge is 0.222 e. The number of carbonyl (C=O) groups excluding carboxylic acids is 1. The minimum absolute atomic E-state index is 0.183. The summed E-state index contributed by atoms with van der Waals surface area (Å²) in [6, 6.07) is 8.83. The molecule has 0 bridgehead atoms. The number of thioether (sulfide) groups is 1. The number of carbonyl (C=O) groups is 1. The quantitative estimate of drug-likeness (QED) is 0.803. The van der Waals surface area contributed by atoms with Gasteiger partial charge in [0.2, 0.25) is 5.91 Å². The van der Waals surface area contributed by atoms with Crippen molar-refractivity contribution >= 4 is 17.7 Å². The number of hydrogen-bond acceptors (Lipinski definition) is 3. The highest BCUT2D eigenvalue weighted by atomic mass is 32.2. The van der Waals surface area contributed by atoms with Crippen LogP contribution in [0.2, 0.25) is 0 Å². The molecule has 4 heteroatoms. The summed E-state index contributed by atoms with van der Waals surface area (Å²) >= 11 is 1.73. The topological polar surface area (TPSA) is 32.3 Å². The first-order valence-electron chi connectivity index (χ1n) is 6.14. The first-order chi connectivity index (χ1) is 8.54. The Hall–Kier alpha value is -1.00. The Balaban J connectivity index is 2.50. The predicted octanol–water partition coefficient (Wildman–Crippen LogP) is 2.54. The standard InChI is InChI=1S/C14H22N2OS/c1-11(15-2)12-6-5-7-13(10-12)18-9-8-14(17)16(3)4/h5-7,10-11,15H,8-9H2,1-4H3. The van der Waals surface area contributed by atoms with E-state index in [1.807, 2.05) is 7.05 Å². The summed E-state index contributed by atoms with van der Waals surface area (Å²) in [6.45, 7) is 2.14. The molecule has 100 valence electrons. The number of hydrogen-bond donors (Lipinski definition) is 1. The summed E-state index contributed by atoms with van der Waals surface area (Å²) in [5.41, 5.74) is 1.28. The lowest BCUT2D eigenvalue weighted by molar-refractivity contribution is -0.128. The van der Waals surface area contributed by atoms with Crippen molar-refractivity contribution in [1.82, 2.24) is 10.2 Å². The summed E-state index contributed by atoms with van der Waals surface area (Å²) in [5.74, 6) is 1.01. The van der Waals surface area contributed by atoms with E-state index in [0.29, 0.717) is 12.5 Å². The van der Waals surface area contributed by atoms with E-state index in [4.69, 9.17) is 0 Å². The first kappa shape index (κ1) is 15.1. The molecule has 1 amide bonds. The molecule has 3 nitrogen and oxygen atoms in total. The van der Waals surface area contributed by atoms with Crippen molar-refractivity contribution in [2.75, 3.05) is 26.9 Å². The molecule has 0 aliphatic carbocycles. The van der Waals surface area contributed by atoms with Gasteiger partial charge in [0.1, 0.15) is 0 Å². The Bertz CT molecular complexity index is 393. The van der Waals surface area contributed by atoms with Crippen LogP contribution in [0.1, 0.15) is 24.9 Å². The van der Waals surface area contributed by atoms with Crippen LogP contribution < -0.4 is 5.32 Å². The van der Waals surface area contributed by atoms with E-state index in [0.717, 1.165) is 5.75 Å². The molecule has 1 aromatic rings. The maximum Gasteiger partial charge on any atom is 0.222 e. The highest BCUT2D eigenvalue weighted by molar-refractivity contribution is 7.99. The maximum atomic E-state index is 11.5. The van der Waals surface area contributed by atoms with Gasteiger partial charge in [0, 0.05) is 37.2 Å². The third-order valence-electron chi connectivity index (χ3n) is 2.87. The summed E-state index contributed by atoms with van der Waals surface area (Å²) in [7, 11) is 5.55. The SMILES string of the molecule is CNC(C)c1cccc(SCCC(=O)N(C)C)c1. The zero-order valence-corrected chi connectivity index (χ0v) is 12.4. The molecule has 0 aromatic heterocycles. The van der Waals surface area contributed by atoms with Gasteiger partial charge < -0.3 is 10.2 Å². The molecular weight excluding hydrogens is 244 g/mol. The average molecular weight is 266 g/mol. The van der Waals surface area contributed by atoms with Crippen molar-refractivity contribution < 1.29 is 4.79 Å². The largest absolute Gasteiger partial charge is 0.349 e. The fourth-order valence-corrected chi connectivity index (χ4v) is 2.43. The van der Waals surface area contributed by atoms with Gasteiger partial charge in [0.15, 0.2) is 0 Å². The van der Waals surface area contributed by atoms with E-state index in [-0.39, 0.29) is 5.91 Å². The van der Waals surface area contributed by atoms with Crippen LogP contribution >= 0.6 is 11.8 Å². The third-order valence-corrected chi connectivity index (χ3v) is 3.87. The van der Waals surface area contributed by atoms with E-state index in [9.17, 15) is 4.79 Å². The Labute approximate surface area is 114 Å². The summed E-state index contributed by atoms with van der Waals surface area (Å²) < 4.78 is 0. The molecule has 0 saturated heterocycles. The van der Waals surface area contributed by atoms with E-state index in [1.54, 1.807) is 30.8 Å². The molecule has 0 aliphatic rings. The molecule has 0 aliphatic heterocycles. The van der Waals surface area contributed by atoms with E-state index in [1.165, 1.54) is 10.5 Å². The van der Waals surface area contributed by atoms with Crippen molar-refractivity contribution in [3.8, 4) is 0 Å². The fraction of sp³-hybridized carbons (Fsp3) is 0.500. The highest BCUT2D eigenvalue weighted by Crippen LogP contribution is 2.22. The predicted molar refractivity (Wildman–Crippen MR) is 78.0 cm³/mol. The Morgan fingerprint density at radius 1 is 1.44 bits per heavy atom. The second kappa shape index (κ2) is 7.44. The molecule has 0 spiro atoms. The zero-order valence-electron chi connectivity index (χ0n) is 11.6. The van der Waals surface area contributed by atoms with E-state index >= 15 is 0 Å². The van der Waals surface area contributed by atoms with Gasteiger partial charge in [0.05, 0.1) is 0 Å². The lowest BCUT2D eigenvalue weighted by Gasteiger charge is -2.12. The number of amides is 1. The fourth-order valence-electron chi connectivity index (χ4n) is 1.52. The first-order valence-corrected chi connectivity index (χ1v) is 7.13. The summed E-state index contributed by atoms with van der Waals surface area (Å²) in [5, 5.41) is 3.23. The molecule has 1 unspecified atom stereocenters. The molecule has 1 rings (SSSR count). The molecule has 18 heavy (non-hydrogen) atoms. The molecule has 0 saturated carbocycles. The molecule has 0 radical (unpaired) electrons. The van der Waals surface area contributed by atoms with Gasteiger partial charge in [-0.2, -0.15) is 0 Å². The normalized spacial score (nSPS) is 12.2. The van der Waals surface area contributed by atoms with Gasteiger partial charge in [-0.3, -0.25) is 4.79 Å². The van der Waals surface area contributed by atoms with Crippen LogP contribution in [0.15, 0.2) is 29.2 Å². The second-order valence-electron chi connectivity index (χ2n) is 4.47. The lowest BCUT2D eigenvalue weighted by Crippen LogP contribution is -2.21. The zero-order chi connectivity index (χ0) is 13.5. The van der Waals surface area contributed by atoms with Gasteiger partial charge >= 0.3 is 0 Å². The van der Waals surface area contributed by atoms with Crippen LogP contribution in [0, 0.1) is 0 Å². The van der Waals surface area contributed by atoms with Crippen LogP contribution in [0.25, 0.3) is 0 Å². The van der Waals surface area contributed by atoms with Gasteiger partial charge in [0.25, 0.3) is 0 Å². The van der Waals surface area contributed by atoms with Crippen molar-refractivity contribution in [2.45, 2.75) is 24.3 Å². The minimum atomic E-state index is 0.183. The maximum absolute atomic E-state index is 11.5. The summed E-state index contributed by atoms with van der Waals surface area (Å²) in [4.78, 5) is 14.3. The Morgan fingerprint density at radius 2 is 2.17 bits per heavy atom. The number of nitrogens with zero attached hydrogens (tertiary/aromatic N) is 1. The van der Waals surface area contributed by atoms with E-state index < -0.39 is 0 Å². The van der Waals surface area contributed by atoms with Crippen LogP contribution in [-0.2, 0) is 4.79 Å². The second-order valence-corrected chi connectivity index (χ2v) is 5.64. The number of rotatable bonds is 6. The van der Waals surface area contributed by atoms with Crippen molar-refractivity contribution in [3.05, 3.63) is 29.8 Å². The number of nitrogens with one attached hydrogen (secondary N) is 1. The molecule has 0 fully saturated rings. The van der Waals surface area contributed by atoms with Crippen molar-refractivity contribution in [3.63, 3.8) is 0 Å². The van der Waals surface area contributed by atoms with Crippen molar-refractivity contribution in [2.24, 2.45) is 0 Å². The van der Waals surface area contributed by atoms with Crippen LogP contribution in [0.5, 0.6) is 0 Å². The molecule has 1 atom stereocenters. The van der Waals surface area contributed by atoms with Gasteiger partial charge in [-0.1, -0.05) is 12.1 Å². The molecule has 0 heterocycles. The van der Waals surface area contributed by atoms with Gasteiger partial charge in [-0.05, 0) is 31.7 Å². The Morgan fingerprint density at radius 3 is 2.78 bits per heavy atom. The Kier molecular flexibility index (Phi) is 6.22. The van der Waals surface area contributed by atoms with Gasteiger partial charge in [-0.15, -0.1) is 11.8 Å². The molecule has 1 aromatic carbocycles. The van der Waals surface area contributed by atoms with E-state index in [2.05, 4.69) is 36.5 Å². The number of benzene rings is 1. The van der Waals surface area contributed by atoms with Gasteiger partial charge in [-0.25, -0.2) is 0 Å². The monoisotopic (exact) mass is 266 g/mol.